The fourth-order valence-electron chi connectivity index (χ4n) is 2.99. The highest BCUT2D eigenvalue weighted by Gasteiger charge is 2.11. The van der Waals surface area contributed by atoms with E-state index in [1.54, 1.807) is 73.1 Å². The summed E-state index contributed by atoms with van der Waals surface area (Å²) in [5.74, 6) is -0.278. The van der Waals surface area contributed by atoms with E-state index in [1.165, 1.54) is 26.5 Å². The zero-order chi connectivity index (χ0) is 21.1. The van der Waals surface area contributed by atoms with Crippen LogP contribution in [0.3, 0.4) is 0 Å². The fraction of sp³-hybridized carbons (Fsp3) is 0.0455. The standard InChI is InChI=1S/C22H16ClN3O3S/c23-19-11-10-18(30-19)21(28)24-14-15-4-3-13-26(22(15)29)17-8-6-16(7-9-17)25-12-2-1-5-20(25)27/h1-13H,14H2,(H,24,28). The summed E-state index contributed by atoms with van der Waals surface area (Å²) in [7, 11) is 0. The Morgan fingerprint density at radius 3 is 2.23 bits per heavy atom. The topological polar surface area (TPSA) is 73.1 Å². The molecular weight excluding hydrogens is 422 g/mol. The van der Waals surface area contributed by atoms with Crippen LogP contribution in [0, 0.1) is 0 Å². The summed E-state index contributed by atoms with van der Waals surface area (Å²) in [6, 6.07) is 18.8. The Hall–Kier alpha value is -3.42. The van der Waals surface area contributed by atoms with Gasteiger partial charge in [0.25, 0.3) is 17.0 Å². The minimum absolute atomic E-state index is 0.103. The van der Waals surface area contributed by atoms with Crippen molar-refractivity contribution in [2.75, 3.05) is 0 Å². The van der Waals surface area contributed by atoms with Gasteiger partial charge < -0.3 is 5.32 Å². The van der Waals surface area contributed by atoms with E-state index in [2.05, 4.69) is 5.32 Å². The lowest BCUT2D eigenvalue weighted by atomic mass is 10.2. The molecule has 0 saturated heterocycles. The molecule has 8 heteroatoms. The first kappa shape index (κ1) is 19.9. The van der Waals surface area contributed by atoms with Crippen molar-refractivity contribution in [2.45, 2.75) is 6.54 Å². The maximum absolute atomic E-state index is 12.9. The third-order valence-corrected chi connectivity index (χ3v) is 5.72. The lowest BCUT2D eigenvalue weighted by Crippen LogP contribution is -2.28. The molecule has 4 rings (SSSR count). The predicted molar refractivity (Wildman–Crippen MR) is 118 cm³/mol. The smallest absolute Gasteiger partial charge is 0.261 e. The molecule has 0 aliphatic heterocycles. The molecule has 1 N–H and O–H groups in total. The summed E-state index contributed by atoms with van der Waals surface area (Å²) in [4.78, 5) is 37.5. The van der Waals surface area contributed by atoms with Crippen LogP contribution >= 0.6 is 22.9 Å². The molecule has 4 aromatic rings. The Morgan fingerprint density at radius 2 is 1.57 bits per heavy atom. The summed E-state index contributed by atoms with van der Waals surface area (Å²) in [5.41, 5.74) is 1.46. The summed E-state index contributed by atoms with van der Waals surface area (Å²) in [5, 5.41) is 2.75. The van der Waals surface area contributed by atoms with Crippen LogP contribution in [0.2, 0.25) is 4.34 Å². The number of rotatable bonds is 5. The van der Waals surface area contributed by atoms with Gasteiger partial charge in [0.05, 0.1) is 9.21 Å². The highest BCUT2D eigenvalue weighted by molar-refractivity contribution is 7.17. The Kier molecular flexibility index (Phi) is 5.65. The van der Waals surface area contributed by atoms with Gasteiger partial charge in [-0.15, -0.1) is 11.3 Å². The van der Waals surface area contributed by atoms with Gasteiger partial charge in [0.2, 0.25) is 0 Å². The molecule has 1 amide bonds. The van der Waals surface area contributed by atoms with Crippen molar-refractivity contribution in [3.8, 4) is 11.4 Å². The molecule has 150 valence electrons. The molecule has 0 aliphatic carbocycles. The van der Waals surface area contributed by atoms with E-state index < -0.39 is 0 Å². The number of thiophene rings is 1. The van der Waals surface area contributed by atoms with Crippen LogP contribution in [-0.2, 0) is 6.54 Å². The van der Waals surface area contributed by atoms with Gasteiger partial charge in [0.15, 0.2) is 0 Å². The van der Waals surface area contributed by atoms with E-state index >= 15 is 0 Å². The number of halogens is 1. The maximum Gasteiger partial charge on any atom is 0.261 e. The van der Waals surface area contributed by atoms with Crippen LogP contribution < -0.4 is 16.4 Å². The number of carbonyl (C=O) groups is 1. The van der Waals surface area contributed by atoms with Gasteiger partial charge in [0.1, 0.15) is 0 Å². The number of nitrogens with one attached hydrogen (secondary N) is 1. The molecule has 6 nitrogen and oxygen atoms in total. The van der Waals surface area contributed by atoms with Crippen molar-refractivity contribution in [2.24, 2.45) is 0 Å². The molecule has 0 radical (unpaired) electrons. The van der Waals surface area contributed by atoms with Crippen molar-refractivity contribution < 1.29 is 4.79 Å². The SMILES string of the molecule is O=C(NCc1cccn(-c2ccc(-n3ccccc3=O)cc2)c1=O)c1ccc(Cl)s1. The summed E-state index contributed by atoms with van der Waals surface area (Å²) in [6.45, 7) is 0.103. The molecule has 0 saturated carbocycles. The van der Waals surface area contributed by atoms with Crippen molar-refractivity contribution in [1.82, 2.24) is 14.5 Å². The first-order chi connectivity index (χ1) is 14.5. The lowest BCUT2D eigenvalue weighted by Gasteiger charge is -2.10. The largest absolute Gasteiger partial charge is 0.347 e. The average Bonchev–Trinajstić information content (AvgIpc) is 3.20. The molecule has 0 aliphatic rings. The predicted octanol–water partition coefficient (Wildman–Crippen LogP) is 3.63. The quantitative estimate of drug-likeness (QED) is 0.518. The van der Waals surface area contributed by atoms with Crippen LogP contribution in [0.1, 0.15) is 15.2 Å². The second kappa shape index (κ2) is 8.52. The number of hydrogen-bond donors (Lipinski definition) is 1. The highest BCUT2D eigenvalue weighted by atomic mass is 35.5. The Balaban J connectivity index is 1.55. The molecule has 0 fully saturated rings. The molecule has 1 aromatic carbocycles. The van der Waals surface area contributed by atoms with Gasteiger partial charge in [-0.3, -0.25) is 23.5 Å². The van der Waals surface area contributed by atoms with Crippen molar-refractivity contribution >= 4 is 28.8 Å². The van der Waals surface area contributed by atoms with Gasteiger partial charge >= 0.3 is 0 Å². The van der Waals surface area contributed by atoms with Gasteiger partial charge in [-0.05, 0) is 48.5 Å². The Morgan fingerprint density at radius 1 is 0.867 bits per heavy atom. The summed E-state index contributed by atoms with van der Waals surface area (Å²) >= 11 is 7.04. The second-order valence-corrected chi connectivity index (χ2v) is 8.14. The van der Waals surface area contributed by atoms with Gasteiger partial charge in [-0.25, -0.2) is 0 Å². The Bertz CT molecular complexity index is 1320. The van der Waals surface area contributed by atoms with E-state index in [9.17, 15) is 14.4 Å². The third kappa shape index (κ3) is 4.12. The molecular formula is C22H16ClN3O3S. The number of benzene rings is 1. The van der Waals surface area contributed by atoms with E-state index in [-0.39, 0.29) is 23.6 Å². The van der Waals surface area contributed by atoms with Gasteiger partial charge in [-0.2, -0.15) is 0 Å². The van der Waals surface area contributed by atoms with Crippen LogP contribution in [-0.4, -0.2) is 15.0 Å². The Labute approximate surface area is 180 Å². The second-order valence-electron chi connectivity index (χ2n) is 6.42. The normalized spacial score (nSPS) is 10.7. The molecule has 0 unspecified atom stereocenters. The number of nitrogens with zero attached hydrogens (tertiary/aromatic N) is 2. The summed E-state index contributed by atoms with van der Waals surface area (Å²) < 4.78 is 3.56. The number of amides is 1. The third-order valence-electron chi connectivity index (χ3n) is 4.49. The zero-order valence-electron chi connectivity index (χ0n) is 15.6. The number of pyridine rings is 2. The van der Waals surface area contributed by atoms with Gasteiger partial charge in [0, 0.05) is 41.9 Å². The van der Waals surface area contributed by atoms with Crippen molar-refractivity contribution in [3.63, 3.8) is 0 Å². The van der Waals surface area contributed by atoms with Crippen LogP contribution in [0.15, 0.2) is 88.7 Å². The first-order valence-corrected chi connectivity index (χ1v) is 10.2. The fourth-order valence-corrected chi connectivity index (χ4v) is 3.95. The summed E-state index contributed by atoms with van der Waals surface area (Å²) in [6.07, 6.45) is 3.35. The number of hydrogen-bond acceptors (Lipinski definition) is 4. The molecule has 0 spiro atoms. The minimum Gasteiger partial charge on any atom is -0.347 e. The van der Waals surface area contributed by atoms with Crippen LogP contribution in [0.25, 0.3) is 11.4 Å². The van der Waals surface area contributed by atoms with E-state index in [0.29, 0.717) is 26.2 Å². The molecule has 3 aromatic heterocycles. The maximum atomic E-state index is 12.9. The number of carbonyl (C=O) groups excluding carboxylic acids is 1. The zero-order valence-corrected chi connectivity index (χ0v) is 17.2. The van der Waals surface area contributed by atoms with E-state index in [1.807, 2.05) is 0 Å². The van der Waals surface area contributed by atoms with Crippen LogP contribution in [0.4, 0.5) is 0 Å². The van der Waals surface area contributed by atoms with Crippen molar-refractivity contribution in [1.29, 1.82) is 0 Å². The molecule has 30 heavy (non-hydrogen) atoms. The monoisotopic (exact) mass is 437 g/mol. The molecule has 0 bridgehead atoms. The highest BCUT2D eigenvalue weighted by Crippen LogP contribution is 2.21. The first-order valence-electron chi connectivity index (χ1n) is 9.05. The average molecular weight is 438 g/mol. The van der Waals surface area contributed by atoms with E-state index in [4.69, 9.17) is 11.6 Å². The molecule has 3 heterocycles. The molecule has 0 atom stereocenters. The number of aromatic nitrogens is 2. The minimum atomic E-state index is -0.278. The van der Waals surface area contributed by atoms with E-state index in [0.717, 1.165) is 0 Å². The lowest BCUT2D eigenvalue weighted by molar-refractivity contribution is 0.0955. The van der Waals surface area contributed by atoms with Gasteiger partial charge in [-0.1, -0.05) is 23.7 Å². The van der Waals surface area contributed by atoms with Crippen LogP contribution in [0.5, 0.6) is 0 Å². The van der Waals surface area contributed by atoms with Crippen molar-refractivity contribution in [3.05, 3.63) is 115 Å².